The quantitative estimate of drug-likeness (QED) is 0.671. The molecule has 2 fully saturated rings. The van der Waals surface area contributed by atoms with Gasteiger partial charge in [-0.25, -0.2) is 0 Å². The molecule has 5 nitrogen and oxygen atoms in total. The molecule has 0 radical (unpaired) electrons. The first-order valence-electron chi connectivity index (χ1n) is 6.08. The molecule has 1 N–H and O–H groups in total. The van der Waals surface area contributed by atoms with E-state index in [2.05, 4.69) is 26.1 Å². The van der Waals surface area contributed by atoms with E-state index >= 15 is 0 Å². The topological polar surface area (TPSA) is 58.4 Å². The summed E-state index contributed by atoms with van der Waals surface area (Å²) < 4.78 is 0.748. The zero-order valence-electron chi connectivity index (χ0n) is 9.80. The number of nitro groups is 1. The van der Waals surface area contributed by atoms with Gasteiger partial charge in [0, 0.05) is 36.2 Å². The van der Waals surface area contributed by atoms with Gasteiger partial charge in [-0.05, 0) is 24.5 Å². The Morgan fingerprint density at radius 3 is 3.06 bits per heavy atom. The van der Waals surface area contributed by atoms with E-state index < -0.39 is 0 Å². The second kappa shape index (κ2) is 4.51. The van der Waals surface area contributed by atoms with E-state index in [1.807, 2.05) is 12.1 Å². The van der Waals surface area contributed by atoms with Crippen LogP contribution in [-0.2, 0) is 0 Å². The summed E-state index contributed by atoms with van der Waals surface area (Å²) in [6.45, 7) is 2.88. The minimum atomic E-state index is -0.296. The SMILES string of the molecule is O=[N+]([O-])c1cc(Br)ccc1N1CC[C@H]2CNC[C@H]21. The Bertz CT molecular complexity index is 494. The molecule has 2 aliphatic heterocycles. The van der Waals surface area contributed by atoms with Gasteiger partial charge in [-0.3, -0.25) is 10.1 Å². The van der Waals surface area contributed by atoms with E-state index in [1.54, 1.807) is 6.07 Å². The number of rotatable bonds is 2. The lowest BCUT2D eigenvalue weighted by Gasteiger charge is -2.25. The largest absolute Gasteiger partial charge is 0.361 e. The van der Waals surface area contributed by atoms with Crippen molar-refractivity contribution in [2.75, 3.05) is 24.5 Å². The first-order valence-corrected chi connectivity index (χ1v) is 6.87. The average molecular weight is 312 g/mol. The molecule has 2 saturated heterocycles. The molecule has 6 heteroatoms. The zero-order chi connectivity index (χ0) is 12.7. The van der Waals surface area contributed by atoms with Crippen molar-refractivity contribution >= 4 is 27.3 Å². The highest BCUT2D eigenvalue weighted by atomic mass is 79.9. The fourth-order valence-electron chi connectivity index (χ4n) is 3.03. The minimum absolute atomic E-state index is 0.192. The molecule has 0 aromatic heterocycles. The molecule has 96 valence electrons. The summed E-state index contributed by atoms with van der Waals surface area (Å²) in [5.41, 5.74) is 0.941. The lowest BCUT2D eigenvalue weighted by molar-refractivity contribution is -0.384. The minimum Gasteiger partial charge on any atom is -0.361 e. The highest BCUT2D eigenvalue weighted by Gasteiger charge is 2.39. The Kier molecular flexibility index (Phi) is 2.99. The van der Waals surface area contributed by atoms with Crippen LogP contribution in [0.25, 0.3) is 0 Å². The van der Waals surface area contributed by atoms with Gasteiger partial charge in [-0.15, -0.1) is 0 Å². The number of nitrogens with one attached hydrogen (secondary N) is 1. The fraction of sp³-hybridized carbons (Fsp3) is 0.500. The summed E-state index contributed by atoms with van der Waals surface area (Å²) in [7, 11) is 0. The van der Waals surface area contributed by atoms with Crippen LogP contribution >= 0.6 is 15.9 Å². The summed E-state index contributed by atoms with van der Waals surface area (Å²) in [6.07, 6.45) is 1.12. The van der Waals surface area contributed by atoms with Crippen molar-refractivity contribution in [3.05, 3.63) is 32.8 Å². The smallest absolute Gasteiger partial charge is 0.293 e. The van der Waals surface area contributed by atoms with Gasteiger partial charge in [-0.2, -0.15) is 0 Å². The van der Waals surface area contributed by atoms with Crippen molar-refractivity contribution < 1.29 is 4.92 Å². The van der Waals surface area contributed by atoms with Crippen LogP contribution < -0.4 is 10.2 Å². The van der Waals surface area contributed by atoms with Gasteiger partial charge in [0.2, 0.25) is 0 Å². The Hall–Kier alpha value is -1.14. The second-order valence-electron chi connectivity index (χ2n) is 4.86. The molecule has 2 aliphatic rings. The summed E-state index contributed by atoms with van der Waals surface area (Å²) in [4.78, 5) is 13.1. The molecule has 0 bridgehead atoms. The number of halogens is 1. The molecule has 18 heavy (non-hydrogen) atoms. The van der Waals surface area contributed by atoms with Gasteiger partial charge in [0.1, 0.15) is 5.69 Å². The van der Waals surface area contributed by atoms with Gasteiger partial charge in [0.15, 0.2) is 0 Å². The lowest BCUT2D eigenvalue weighted by Crippen LogP contribution is -2.34. The van der Waals surface area contributed by atoms with Crippen LogP contribution in [0.5, 0.6) is 0 Å². The maximum absolute atomic E-state index is 11.2. The molecule has 2 atom stereocenters. The molecule has 1 aromatic rings. The molecular weight excluding hydrogens is 298 g/mol. The summed E-state index contributed by atoms with van der Waals surface area (Å²) in [5, 5.41) is 14.5. The third-order valence-electron chi connectivity index (χ3n) is 3.89. The summed E-state index contributed by atoms with van der Waals surface area (Å²) >= 11 is 3.29. The van der Waals surface area contributed by atoms with Crippen molar-refractivity contribution in [2.45, 2.75) is 12.5 Å². The molecule has 0 saturated carbocycles. The van der Waals surface area contributed by atoms with Gasteiger partial charge in [-0.1, -0.05) is 15.9 Å². The standard InChI is InChI=1S/C12H14BrN3O2/c13-9-1-2-10(11(5-9)16(17)18)15-4-3-8-6-14-7-12(8)15/h1-2,5,8,12,14H,3-4,6-7H2/t8-,12+/m0/s1. The van der Waals surface area contributed by atoms with Crippen LogP contribution in [0.1, 0.15) is 6.42 Å². The van der Waals surface area contributed by atoms with Gasteiger partial charge in [0.25, 0.3) is 5.69 Å². The van der Waals surface area contributed by atoms with Crippen LogP contribution in [0.3, 0.4) is 0 Å². The Morgan fingerprint density at radius 1 is 1.44 bits per heavy atom. The van der Waals surface area contributed by atoms with Crippen molar-refractivity contribution in [3.8, 4) is 0 Å². The number of nitrogens with zero attached hydrogens (tertiary/aromatic N) is 2. The number of benzene rings is 1. The van der Waals surface area contributed by atoms with Crippen LogP contribution in [0.2, 0.25) is 0 Å². The highest BCUT2D eigenvalue weighted by molar-refractivity contribution is 9.10. The number of hydrogen-bond donors (Lipinski definition) is 1. The molecule has 3 rings (SSSR count). The monoisotopic (exact) mass is 311 g/mol. The summed E-state index contributed by atoms with van der Waals surface area (Å²) in [5.74, 6) is 0.633. The number of anilines is 1. The molecule has 0 aliphatic carbocycles. The predicted octanol–water partition coefficient (Wildman–Crippen LogP) is 2.16. The van der Waals surface area contributed by atoms with E-state index in [0.29, 0.717) is 12.0 Å². The molecule has 0 amide bonds. The van der Waals surface area contributed by atoms with Gasteiger partial charge < -0.3 is 10.2 Å². The maximum Gasteiger partial charge on any atom is 0.293 e. The third kappa shape index (κ3) is 1.89. The second-order valence-corrected chi connectivity index (χ2v) is 5.77. The number of hydrogen-bond acceptors (Lipinski definition) is 4. The Balaban J connectivity index is 1.99. The fourth-order valence-corrected chi connectivity index (χ4v) is 3.38. The third-order valence-corrected chi connectivity index (χ3v) is 4.38. The number of nitro benzene ring substituents is 1. The van der Waals surface area contributed by atoms with E-state index in [0.717, 1.165) is 36.2 Å². The molecule has 2 heterocycles. The van der Waals surface area contributed by atoms with Crippen molar-refractivity contribution in [1.29, 1.82) is 0 Å². The van der Waals surface area contributed by atoms with Gasteiger partial charge in [0.05, 0.1) is 4.92 Å². The van der Waals surface area contributed by atoms with Crippen LogP contribution in [0.15, 0.2) is 22.7 Å². The molecule has 0 spiro atoms. The summed E-state index contributed by atoms with van der Waals surface area (Å²) in [6, 6.07) is 5.72. The van der Waals surface area contributed by atoms with Crippen molar-refractivity contribution in [3.63, 3.8) is 0 Å². The Labute approximate surface area is 113 Å². The lowest BCUT2D eigenvalue weighted by atomic mass is 10.0. The first-order chi connectivity index (χ1) is 8.66. The molecular formula is C12H14BrN3O2. The van der Waals surface area contributed by atoms with E-state index in [-0.39, 0.29) is 10.6 Å². The van der Waals surface area contributed by atoms with Crippen LogP contribution in [-0.4, -0.2) is 30.6 Å². The number of fused-ring (bicyclic) bond motifs is 1. The predicted molar refractivity (Wildman–Crippen MR) is 72.9 cm³/mol. The highest BCUT2D eigenvalue weighted by Crippen LogP contribution is 2.38. The molecule has 1 aromatic carbocycles. The van der Waals surface area contributed by atoms with E-state index in [1.165, 1.54) is 0 Å². The van der Waals surface area contributed by atoms with Crippen molar-refractivity contribution in [2.24, 2.45) is 5.92 Å². The average Bonchev–Trinajstić information content (AvgIpc) is 2.91. The van der Waals surface area contributed by atoms with Gasteiger partial charge >= 0.3 is 0 Å². The van der Waals surface area contributed by atoms with Crippen molar-refractivity contribution in [1.82, 2.24) is 5.32 Å². The van der Waals surface area contributed by atoms with Crippen LogP contribution in [0.4, 0.5) is 11.4 Å². The zero-order valence-corrected chi connectivity index (χ0v) is 11.4. The van der Waals surface area contributed by atoms with Crippen LogP contribution in [0, 0.1) is 16.0 Å². The molecule has 0 unspecified atom stereocenters. The first kappa shape index (κ1) is 11.9. The van der Waals surface area contributed by atoms with E-state index in [9.17, 15) is 10.1 Å². The Morgan fingerprint density at radius 2 is 2.28 bits per heavy atom. The maximum atomic E-state index is 11.2. The van der Waals surface area contributed by atoms with E-state index in [4.69, 9.17) is 0 Å². The normalized spacial score (nSPS) is 26.4.